The molecule has 0 saturated heterocycles. The molecule has 0 radical (unpaired) electrons. The minimum atomic E-state index is -0.838. The average molecular weight is 365 g/mol. The molecule has 1 atom stereocenters. The normalized spacial score (nSPS) is 12.0. The number of rotatable bonds is 8. The largest absolute Gasteiger partial charge is 0.464 e. The Morgan fingerprint density at radius 2 is 1.73 bits per heavy atom. The summed E-state index contributed by atoms with van der Waals surface area (Å²) >= 11 is 0. The van der Waals surface area contributed by atoms with Gasteiger partial charge in [0.05, 0.1) is 6.61 Å². The fraction of sp³-hybridized carbons (Fsp3) is 0.526. The van der Waals surface area contributed by atoms with Crippen LogP contribution in [0.2, 0.25) is 0 Å². The molecule has 1 aromatic rings. The fourth-order valence-corrected chi connectivity index (χ4v) is 1.87. The topological polar surface area (TPSA) is 90.9 Å². The van der Waals surface area contributed by atoms with Gasteiger partial charge >= 0.3 is 18.0 Å². The van der Waals surface area contributed by atoms with Crippen molar-refractivity contribution < 1.29 is 28.6 Å². The quantitative estimate of drug-likeness (QED) is 0.433. The summed E-state index contributed by atoms with van der Waals surface area (Å²) in [7, 11) is 0. The van der Waals surface area contributed by atoms with Crippen LogP contribution in [0.15, 0.2) is 30.3 Å². The van der Waals surface area contributed by atoms with E-state index in [9.17, 15) is 14.4 Å². The molecule has 0 heterocycles. The fourth-order valence-electron chi connectivity index (χ4n) is 1.87. The first kappa shape index (κ1) is 21.5. The number of hydrogen-bond acceptors (Lipinski definition) is 6. The minimum absolute atomic E-state index is 0.0691. The Morgan fingerprint density at radius 1 is 1.08 bits per heavy atom. The van der Waals surface area contributed by atoms with E-state index in [1.165, 1.54) is 6.92 Å². The summed E-state index contributed by atoms with van der Waals surface area (Å²) in [5.41, 5.74) is 0.266. The van der Waals surface area contributed by atoms with Crippen LogP contribution < -0.4 is 5.32 Å². The summed E-state index contributed by atoms with van der Waals surface area (Å²) in [6.45, 7) is 6.97. The lowest BCUT2D eigenvalue weighted by Gasteiger charge is -2.21. The predicted molar refractivity (Wildman–Crippen MR) is 95.3 cm³/mol. The monoisotopic (exact) mass is 365 g/mol. The lowest BCUT2D eigenvalue weighted by Crippen LogP contribution is -2.42. The highest BCUT2D eigenvalue weighted by Crippen LogP contribution is 2.07. The third-order valence-electron chi connectivity index (χ3n) is 3.10. The third-order valence-corrected chi connectivity index (χ3v) is 3.10. The molecular weight excluding hydrogens is 338 g/mol. The van der Waals surface area contributed by atoms with E-state index < -0.39 is 23.7 Å². The van der Waals surface area contributed by atoms with Gasteiger partial charge in [-0.15, -0.1) is 0 Å². The maximum absolute atomic E-state index is 11.8. The highest BCUT2D eigenvalue weighted by Gasteiger charge is 2.21. The van der Waals surface area contributed by atoms with Gasteiger partial charge in [-0.1, -0.05) is 30.3 Å². The molecule has 1 N–H and O–H groups in total. The number of carbonyl (C=O) groups is 3. The molecule has 0 aliphatic heterocycles. The molecule has 144 valence electrons. The molecule has 1 aromatic carbocycles. The number of alkyl carbamates (subject to hydrolysis) is 1. The lowest BCUT2D eigenvalue weighted by atomic mass is 10.2. The zero-order valence-electron chi connectivity index (χ0n) is 15.7. The van der Waals surface area contributed by atoms with Gasteiger partial charge in [0.15, 0.2) is 0 Å². The first-order chi connectivity index (χ1) is 12.2. The SMILES string of the molecule is CC(NC(=O)OC(C)(C)C)C(=O)OCCCC(=O)OCc1ccccc1. The first-order valence-corrected chi connectivity index (χ1v) is 8.53. The highest BCUT2D eigenvalue weighted by molar-refractivity contribution is 5.81. The molecule has 0 spiro atoms. The Kier molecular flexibility index (Phi) is 8.61. The van der Waals surface area contributed by atoms with Crippen LogP contribution in [0.5, 0.6) is 0 Å². The molecule has 7 nitrogen and oxygen atoms in total. The van der Waals surface area contributed by atoms with Crippen LogP contribution in [0.1, 0.15) is 46.1 Å². The van der Waals surface area contributed by atoms with Crippen LogP contribution in [-0.2, 0) is 30.4 Å². The Labute approximate surface area is 154 Å². The Bertz CT molecular complexity index is 594. The lowest BCUT2D eigenvalue weighted by molar-refractivity contribution is -0.149. The number of benzene rings is 1. The van der Waals surface area contributed by atoms with Crippen molar-refractivity contribution in [1.29, 1.82) is 0 Å². The molecule has 26 heavy (non-hydrogen) atoms. The van der Waals surface area contributed by atoms with Crippen molar-refractivity contribution >= 4 is 18.0 Å². The average Bonchev–Trinajstić information content (AvgIpc) is 2.55. The predicted octanol–water partition coefficient (Wildman–Crippen LogP) is 2.97. The molecule has 1 rings (SSSR count). The Balaban J connectivity index is 2.16. The van der Waals surface area contributed by atoms with Gasteiger partial charge in [-0.05, 0) is 39.7 Å². The summed E-state index contributed by atoms with van der Waals surface area (Å²) in [5, 5.41) is 2.40. The van der Waals surface area contributed by atoms with E-state index in [0.717, 1.165) is 5.56 Å². The smallest absolute Gasteiger partial charge is 0.408 e. The summed E-state index contributed by atoms with van der Waals surface area (Å²) in [5.74, 6) is -0.946. The molecule has 0 bridgehead atoms. The van der Waals surface area contributed by atoms with Gasteiger partial charge in [0.1, 0.15) is 18.2 Å². The summed E-state index contributed by atoms with van der Waals surface area (Å²) < 4.78 is 15.2. The number of hydrogen-bond donors (Lipinski definition) is 1. The summed E-state index contributed by atoms with van der Waals surface area (Å²) in [4.78, 5) is 35.0. The van der Waals surface area contributed by atoms with Gasteiger partial charge in [0.2, 0.25) is 0 Å². The van der Waals surface area contributed by atoms with E-state index >= 15 is 0 Å². The molecular formula is C19H27NO6. The molecule has 0 aromatic heterocycles. The van der Waals surface area contributed by atoms with Crippen molar-refractivity contribution in [3.63, 3.8) is 0 Å². The van der Waals surface area contributed by atoms with E-state index in [0.29, 0.717) is 6.42 Å². The van der Waals surface area contributed by atoms with Crippen molar-refractivity contribution in [2.24, 2.45) is 0 Å². The molecule has 0 aliphatic rings. The van der Waals surface area contributed by atoms with Crippen molar-refractivity contribution in [3.8, 4) is 0 Å². The zero-order chi connectivity index (χ0) is 19.6. The second-order valence-electron chi connectivity index (χ2n) is 6.79. The summed E-state index contributed by atoms with van der Waals surface area (Å²) in [6.07, 6.45) is -0.196. The van der Waals surface area contributed by atoms with Crippen molar-refractivity contribution in [3.05, 3.63) is 35.9 Å². The maximum Gasteiger partial charge on any atom is 0.408 e. The van der Waals surface area contributed by atoms with E-state index in [1.54, 1.807) is 20.8 Å². The van der Waals surface area contributed by atoms with E-state index in [2.05, 4.69) is 5.32 Å². The van der Waals surface area contributed by atoms with E-state index in [-0.39, 0.29) is 25.6 Å². The van der Waals surface area contributed by atoms with Crippen molar-refractivity contribution in [1.82, 2.24) is 5.32 Å². The molecule has 0 fully saturated rings. The number of nitrogens with one attached hydrogen (secondary N) is 1. The number of esters is 2. The standard InChI is InChI=1S/C19H27NO6/c1-14(20-18(23)26-19(2,3)4)17(22)24-12-8-11-16(21)25-13-15-9-6-5-7-10-15/h5-7,9-10,14H,8,11-13H2,1-4H3,(H,20,23). The highest BCUT2D eigenvalue weighted by atomic mass is 16.6. The van der Waals surface area contributed by atoms with E-state index in [4.69, 9.17) is 14.2 Å². The molecule has 0 saturated carbocycles. The summed E-state index contributed by atoms with van der Waals surface area (Å²) in [6, 6.07) is 8.53. The third kappa shape index (κ3) is 9.66. The van der Waals surface area contributed by atoms with Crippen LogP contribution in [0.3, 0.4) is 0 Å². The molecule has 0 aliphatic carbocycles. The maximum atomic E-state index is 11.8. The number of amides is 1. The second-order valence-corrected chi connectivity index (χ2v) is 6.79. The van der Waals surface area contributed by atoms with Crippen LogP contribution in [0.25, 0.3) is 0 Å². The number of ether oxygens (including phenoxy) is 3. The van der Waals surface area contributed by atoms with Gasteiger partial charge in [0, 0.05) is 6.42 Å². The van der Waals surface area contributed by atoms with Crippen molar-refractivity contribution in [2.75, 3.05) is 6.61 Å². The zero-order valence-corrected chi connectivity index (χ0v) is 15.7. The van der Waals surface area contributed by atoms with Gasteiger partial charge in [-0.2, -0.15) is 0 Å². The Hall–Kier alpha value is -2.57. The van der Waals surface area contributed by atoms with Crippen LogP contribution in [0, 0.1) is 0 Å². The van der Waals surface area contributed by atoms with E-state index in [1.807, 2.05) is 30.3 Å². The minimum Gasteiger partial charge on any atom is -0.464 e. The van der Waals surface area contributed by atoms with Crippen LogP contribution >= 0.6 is 0 Å². The molecule has 1 amide bonds. The van der Waals surface area contributed by atoms with Gasteiger partial charge < -0.3 is 19.5 Å². The van der Waals surface area contributed by atoms with Crippen LogP contribution in [0.4, 0.5) is 4.79 Å². The van der Waals surface area contributed by atoms with Crippen LogP contribution in [-0.4, -0.2) is 36.3 Å². The van der Waals surface area contributed by atoms with Gasteiger partial charge in [-0.25, -0.2) is 9.59 Å². The molecule has 1 unspecified atom stereocenters. The van der Waals surface area contributed by atoms with Gasteiger partial charge in [0.25, 0.3) is 0 Å². The Morgan fingerprint density at radius 3 is 2.35 bits per heavy atom. The van der Waals surface area contributed by atoms with Crippen molar-refractivity contribution in [2.45, 2.75) is 58.8 Å². The second kappa shape index (κ2) is 10.4. The number of carbonyl (C=O) groups excluding carboxylic acids is 3. The first-order valence-electron chi connectivity index (χ1n) is 8.53. The molecule has 7 heteroatoms. The van der Waals surface area contributed by atoms with Gasteiger partial charge in [-0.3, -0.25) is 4.79 Å².